The first-order valence-electron chi connectivity index (χ1n) is 32.6. The van der Waals surface area contributed by atoms with Crippen molar-refractivity contribution in [3.05, 3.63) is 223 Å². The van der Waals surface area contributed by atoms with E-state index in [0.717, 1.165) is 72.0 Å². The summed E-state index contributed by atoms with van der Waals surface area (Å²) in [4.78, 5) is 10.2. The van der Waals surface area contributed by atoms with Crippen molar-refractivity contribution in [1.29, 1.82) is 0 Å². The van der Waals surface area contributed by atoms with Gasteiger partial charge < -0.3 is 30.6 Å². The molecule has 10 heteroatoms. The van der Waals surface area contributed by atoms with Gasteiger partial charge in [-0.15, -0.1) is 11.4 Å². The fraction of sp³-hybridized carbons (Fsp3) is 0.475. The molecule has 0 spiro atoms. The fourth-order valence-electron chi connectivity index (χ4n) is 10.1. The molecule has 0 saturated carbocycles. The Morgan fingerprint density at radius 1 is 0.344 bits per heavy atom. The van der Waals surface area contributed by atoms with Crippen LogP contribution in [0.15, 0.2) is 167 Å². The van der Waals surface area contributed by atoms with Crippen LogP contribution in [0.4, 0.5) is 22.7 Å². The van der Waals surface area contributed by atoms with Crippen molar-refractivity contribution < 1.29 is 20.0 Å². The molecular formula is C80H114Mg2N4O4. The van der Waals surface area contributed by atoms with Crippen molar-refractivity contribution in [3.63, 3.8) is 0 Å². The molecule has 6 aromatic carbocycles. The minimum atomic E-state index is 0. The predicted molar refractivity (Wildman–Crippen MR) is 392 cm³/mol. The van der Waals surface area contributed by atoms with Crippen LogP contribution in [0.25, 0.3) is 10.6 Å². The average Bonchev–Trinajstić information content (AvgIpc) is 4.09. The third-order valence-electron chi connectivity index (χ3n) is 14.9. The number of rotatable bonds is 16. The van der Waals surface area contributed by atoms with Gasteiger partial charge in [0.2, 0.25) is 0 Å². The third kappa shape index (κ3) is 31.6. The number of hydrogen-bond acceptors (Lipinski definition) is 6. The molecule has 2 aliphatic rings. The number of aliphatic imine (C=N–C) groups is 2. The molecule has 0 amide bonds. The number of nitrogens with zero attached hydrogens (tertiary/aromatic N) is 4. The molecule has 0 radical (unpaired) electrons. The van der Waals surface area contributed by atoms with Gasteiger partial charge in [-0.1, -0.05) is 304 Å². The molecule has 6 aromatic rings. The van der Waals surface area contributed by atoms with E-state index in [9.17, 15) is 0 Å². The number of aryl methyl sites for hydroxylation is 2. The Balaban J connectivity index is 0.00000123. The Bertz CT molecular complexity index is 2700. The van der Waals surface area contributed by atoms with E-state index in [1.807, 2.05) is 36.4 Å². The summed E-state index contributed by atoms with van der Waals surface area (Å²) in [6.07, 6.45) is 9.34. The number of allylic oxidation sites excluding steroid dienone is 4. The molecule has 0 unspecified atom stereocenters. The number of hydrogen-bond donors (Lipinski definition) is 0. The monoisotopic (exact) mass is 1240 g/mol. The second-order valence-electron chi connectivity index (χ2n) is 25.6. The van der Waals surface area contributed by atoms with Crippen molar-refractivity contribution in [2.75, 3.05) is 26.4 Å². The summed E-state index contributed by atoms with van der Waals surface area (Å²) < 4.78 is 9.89. The Labute approximate surface area is 581 Å². The van der Waals surface area contributed by atoms with E-state index in [-0.39, 0.29) is 46.1 Å². The number of para-hydroxylation sites is 4. The van der Waals surface area contributed by atoms with Crippen LogP contribution in [0.3, 0.4) is 0 Å². The third-order valence-corrected chi connectivity index (χ3v) is 14.9. The molecule has 0 aromatic heterocycles. The minimum Gasteiger partial charge on any atom is -1.00 e. The summed E-state index contributed by atoms with van der Waals surface area (Å²) in [7, 11) is 0. The van der Waals surface area contributed by atoms with Crippen LogP contribution in [0, 0.1) is 13.8 Å². The minimum absolute atomic E-state index is 0. The summed E-state index contributed by atoms with van der Waals surface area (Å²) in [6.45, 7) is 52.3. The Morgan fingerprint density at radius 2 is 0.556 bits per heavy atom. The van der Waals surface area contributed by atoms with Crippen LogP contribution in [-0.2, 0) is 9.47 Å². The molecule has 2 heterocycles. The molecule has 482 valence electrons. The maximum Gasteiger partial charge on any atom is 2.00 e. The molecule has 2 saturated heterocycles. The van der Waals surface area contributed by atoms with E-state index in [4.69, 9.17) is 40.6 Å². The van der Waals surface area contributed by atoms with Gasteiger partial charge in [0.05, 0.1) is 11.4 Å². The van der Waals surface area contributed by atoms with Crippen molar-refractivity contribution in [2.45, 2.75) is 225 Å². The zero-order valence-corrected chi connectivity index (χ0v) is 62.8. The molecule has 0 bridgehead atoms. The summed E-state index contributed by atoms with van der Waals surface area (Å²) in [6, 6.07) is 46.8. The van der Waals surface area contributed by atoms with Crippen LogP contribution >= 0.6 is 0 Å². The van der Waals surface area contributed by atoms with Gasteiger partial charge in [0.15, 0.2) is 0 Å². The van der Waals surface area contributed by atoms with E-state index >= 15 is 0 Å². The van der Waals surface area contributed by atoms with E-state index in [0.29, 0.717) is 47.3 Å². The first-order valence-corrected chi connectivity index (χ1v) is 32.6. The van der Waals surface area contributed by atoms with E-state index in [1.54, 1.807) is 0 Å². The Kier molecular flexibility index (Phi) is 44.5. The first-order chi connectivity index (χ1) is 41.8. The van der Waals surface area contributed by atoms with Gasteiger partial charge in [-0.05, 0) is 123 Å². The van der Waals surface area contributed by atoms with E-state index in [1.165, 1.54) is 81.3 Å². The Hall–Kier alpha value is -4.89. The van der Waals surface area contributed by atoms with Crippen molar-refractivity contribution in [1.82, 2.24) is 0 Å². The summed E-state index contributed by atoms with van der Waals surface area (Å²) >= 11 is 0. The molecular weight excluding hydrogens is 1130 g/mol. The largest absolute Gasteiger partial charge is 2.00 e. The second kappa shape index (κ2) is 47.1. The van der Waals surface area contributed by atoms with E-state index in [2.05, 4.69) is 262 Å². The quantitative estimate of drug-likeness (QED) is 0.0415. The summed E-state index contributed by atoms with van der Waals surface area (Å²) in [5, 5.41) is 24.2. The average molecular weight is 1240 g/mol. The van der Waals surface area contributed by atoms with Crippen LogP contribution in [-0.4, -0.2) is 84.0 Å². The van der Waals surface area contributed by atoms with Crippen molar-refractivity contribution in [3.8, 4) is 0 Å². The number of ether oxygens (including phenoxy) is 2. The normalized spacial score (nSPS) is 13.1. The fourth-order valence-corrected chi connectivity index (χ4v) is 10.1. The van der Waals surface area contributed by atoms with Gasteiger partial charge in [0, 0.05) is 37.9 Å². The molecule has 8 nitrogen and oxygen atoms in total. The predicted octanol–water partition coefficient (Wildman–Crippen LogP) is 22.2. The first kappa shape index (κ1) is 85.1. The van der Waals surface area contributed by atoms with Crippen LogP contribution in [0.2, 0.25) is 0 Å². The number of benzene rings is 6. The molecule has 90 heavy (non-hydrogen) atoms. The van der Waals surface area contributed by atoms with Gasteiger partial charge in [0.1, 0.15) is 0 Å². The van der Waals surface area contributed by atoms with Gasteiger partial charge >= 0.3 is 46.1 Å². The van der Waals surface area contributed by atoms with Crippen LogP contribution < -0.4 is 10.5 Å². The maximum absolute atomic E-state index is 7.00. The van der Waals surface area contributed by atoms with Gasteiger partial charge in [-0.2, -0.15) is 11.4 Å². The van der Waals surface area contributed by atoms with Crippen molar-refractivity contribution in [2.24, 2.45) is 9.98 Å². The molecule has 0 aliphatic carbocycles. The smallest absolute Gasteiger partial charge is 1.00 e. The topological polar surface area (TPSA) is 118 Å². The van der Waals surface area contributed by atoms with Crippen LogP contribution in [0.5, 0.6) is 0 Å². The molecule has 8 rings (SSSR count). The molecule has 0 N–H and O–H groups in total. The van der Waals surface area contributed by atoms with Crippen molar-refractivity contribution >= 4 is 80.3 Å². The second-order valence-corrected chi connectivity index (χ2v) is 25.6. The zero-order chi connectivity index (χ0) is 65.9. The van der Waals surface area contributed by atoms with Gasteiger partial charge in [-0.25, -0.2) is 0 Å². The van der Waals surface area contributed by atoms with E-state index < -0.39 is 0 Å². The SMILES string of the molecule is C1CCOC1.C1CCOC1.CC(/C=C(/C)[N-]c1c(C(C)C)cccc1C(C)C)=Nc1c(C(C)C)cccc1C(C)C.CC(/C=C(/C)[N-]c1c(C(C)C)cccc1C(C)C)=Nc1c(C(C)C)cccc1C(C)C.Cc1ccccc1.Cc1ccccc1.[Mg+2].[Mg+2].[O-][O-]. The summed E-state index contributed by atoms with van der Waals surface area (Å²) in [5.41, 5.74) is 21.6. The maximum atomic E-state index is 7.00. The van der Waals surface area contributed by atoms with Gasteiger partial charge in [-0.3, -0.25) is 9.98 Å². The molecule has 0 atom stereocenters. The van der Waals surface area contributed by atoms with Gasteiger partial charge in [0.25, 0.3) is 0 Å². The van der Waals surface area contributed by atoms with Crippen LogP contribution in [0.1, 0.15) is 267 Å². The molecule has 2 aliphatic heterocycles. The Morgan fingerprint density at radius 3 is 0.722 bits per heavy atom. The molecule has 2 fully saturated rings. The summed E-state index contributed by atoms with van der Waals surface area (Å²) in [5.74, 6) is 3.49. The zero-order valence-electron chi connectivity index (χ0n) is 60.0. The standard InChI is InChI=1S/2C29H41N2.2C7H8.2C4H8O.2Mg.O2/c2*1-18(2)24-13-11-14-25(19(3)4)28(24)30-22(9)17-23(10)31-29-26(20(5)6)15-12-16-27(29)21(7)8;2*1-7-5-3-2-4-6-7;2*1-2-4-5-3-1;;;1-2/h2*11-21H,1-10H3;2*2-6H,1H3;2*1-4H2;;;/q2*-1;;;;;2*+2;-2/b2*22-17-,31-23?;;;;;;;.